The number of pyridine rings is 1. The SMILES string of the molecule is CCC(CCN(C)C(N)=O)CC(=O)N1CCC(C2c3ncc(Br)cc3C=Cc3cc(Cl)cc(Br)c32)CC1. The summed E-state index contributed by atoms with van der Waals surface area (Å²) in [4.78, 5) is 32.9. The van der Waals surface area contributed by atoms with Crippen molar-refractivity contribution < 1.29 is 9.59 Å². The minimum atomic E-state index is -0.434. The molecule has 198 valence electrons. The maximum atomic E-state index is 13.2. The Morgan fingerprint density at radius 2 is 1.89 bits per heavy atom. The van der Waals surface area contributed by atoms with E-state index in [1.807, 2.05) is 23.2 Å². The second kappa shape index (κ2) is 12.3. The second-order valence-electron chi connectivity index (χ2n) is 10.1. The molecule has 0 spiro atoms. The highest BCUT2D eigenvalue weighted by Gasteiger charge is 2.35. The number of amides is 3. The van der Waals surface area contributed by atoms with Crippen molar-refractivity contribution in [2.24, 2.45) is 17.6 Å². The molecule has 1 aliphatic carbocycles. The number of carbonyl (C=O) groups is 2. The number of primary amides is 1. The molecule has 1 aliphatic heterocycles. The number of halogens is 3. The minimum absolute atomic E-state index is 0.102. The molecule has 2 aromatic rings. The van der Waals surface area contributed by atoms with Gasteiger partial charge in [0.1, 0.15) is 0 Å². The minimum Gasteiger partial charge on any atom is -0.351 e. The Morgan fingerprint density at radius 1 is 1.19 bits per heavy atom. The van der Waals surface area contributed by atoms with Gasteiger partial charge in [0.15, 0.2) is 0 Å². The topological polar surface area (TPSA) is 79.5 Å². The van der Waals surface area contributed by atoms with Crippen molar-refractivity contribution in [2.45, 2.75) is 44.9 Å². The highest BCUT2D eigenvalue weighted by Crippen LogP contribution is 2.46. The maximum absolute atomic E-state index is 13.2. The number of likely N-dealkylation sites (tertiary alicyclic amines) is 1. The van der Waals surface area contributed by atoms with E-state index in [1.165, 1.54) is 10.5 Å². The van der Waals surface area contributed by atoms with Crippen LogP contribution in [-0.2, 0) is 4.79 Å². The lowest BCUT2D eigenvalue weighted by molar-refractivity contribution is -0.133. The number of hydrogen-bond acceptors (Lipinski definition) is 3. The van der Waals surface area contributed by atoms with E-state index in [9.17, 15) is 9.59 Å². The molecule has 2 N–H and O–H groups in total. The quantitative estimate of drug-likeness (QED) is 0.352. The van der Waals surface area contributed by atoms with Crippen LogP contribution in [-0.4, -0.2) is 53.4 Å². The first-order valence-corrected chi connectivity index (χ1v) is 14.7. The monoisotopic (exact) mass is 650 g/mol. The molecule has 9 heteroatoms. The van der Waals surface area contributed by atoms with E-state index in [-0.39, 0.29) is 17.7 Å². The zero-order chi connectivity index (χ0) is 26.7. The normalized spacial score (nSPS) is 18.1. The van der Waals surface area contributed by atoms with Crippen molar-refractivity contribution in [3.63, 3.8) is 0 Å². The number of aromatic nitrogens is 1. The molecule has 4 rings (SSSR count). The van der Waals surface area contributed by atoms with Gasteiger partial charge in [0.05, 0.1) is 5.69 Å². The molecule has 37 heavy (non-hydrogen) atoms. The summed E-state index contributed by atoms with van der Waals surface area (Å²) >= 11 is 13.8. The molecule has 1 aromatic carbocycles. The van der Waals surface area contributed by atoms with E-state index in [1.54, 1.807) is 7.05 Å². The van der Waals surface area contributed by atoms with Gasteiger partial charge in [-0.25, -0.2) is 4.79 Å². The lowest BCUT2D eigenvalue weighted by Crippen LogP contribution is -2.41. The number of hydrogen-bond donors (Lipinski definition) is 1. The van der Waals surface area contributed by atoms with E-state index in [0.29, 0.717) is 23.9 Å². The first-order chi connectivity index (χ1) is 17.7. The standard InChI is InChI=1S/C28H33Br2ClN4O2/c1-3-17(6-9-34(2)28(32)37)12-24(36)35-10-7-18(8-11-35)26-25-19(14-22(31)15-23(25)30)4-5-20-13-21(29)16-33-27(20)26/h4-5,13-18,26H,3,6-12H2,1-2H3,(H2,32,37). The third-order valence-electron chi connectivity index (χ3n) is 7.74. The summed E-state index contributed by atoms with van der Waals surface area (Å²) in [6, 6.07) is 5.66. The zero-order valence-corrected chi connectivity index (χ0v) is 25.2. The van der Waals surface area contributed by atoms with Crippen LogP contribution in [0.1, 0.15) is 67.3 Å². The van der Waals surface area contributed by atoms with Gasteiger partial charge in [-0.3, -0.25) is 9.78 Å². The molecule has 1 fully saturated rings. The maximum Gasteiger partial charge on any atom is 0.314 e. The zero-order valence-electron chi connectivity index (χ0n) is 21.2. The van der Waals surface area contributed by atoms with Crippen LogP contribution in [0.5, 0.6) is 0 Å². The molecule has 0 saturated carbocycles. The molecule has 0 bridgehead atoms. The average molecular weight is 653 g/mol. The van der Waals surface area contributed by atoms with Crippen molar-refractivity contribution >= 4 is 67.6 Å². The lowest BCUT2D eigenvalue weighted by Gasteiger charge is -2.37. The fraction of sp³-hybridized carbons (Fsp3) is 0.464. The number of carbonyl (C=O) groups excluding carboxylic acids is 2. The van der Waals surface area contributed by atoms with Gasteiger partial charge >= 0.3 is 6.03 Å². The Hall–Kier alpha value is -1.90. The second-order valence-corrected chi connectivity index (χ2v) is 12.3. The fourth-order valence-corrected chi connectivity index (χ4v) is 6.93. The third kappa shape index (κ3) is 6.58. The van der Waals surface area contributed by atoms with Crippen LogP contribution < -0.4 is 5.73 Å². The molecule has 3 amide bonds. The highest BCUT2D eigenvalue weighted by molar-refractivity contribution is 9.10. The van der Waals surface area contributed by atoms with Gasteiger partial charge < -0.3 is 15.5 Å². The number of nitrogens with zero attached hydrogens (tertiary/aromatic N) is 3. The molecular formula is C28H33Br2ClN4O2. The highest BCUT2D eigenvalue weighted by atomic mass is 79.9. The summed E-state index contributed by atoms with van der Waals surface area (Å²) in [6.45, 7) is 4.13. The fourth-order valence-electron chi connectivity index (χ4n) is 5.50. The van der Waals surface area contributed by atoms with Crippen molar-refractivity contribution in [1.82, 2.24) is 14.8 Å². The molecule has 2 atom stereocenters. The van der Waals surface area contributed by atoms with E-state index in [2.05, 4.69) is 57.0 Å². The molecule has 6 nitrogen and oxygen atoms in total. The van der Waals surface area contributed by atoms with Crippen molar-refractivity contribution in [3.05, 3.63) is 60.7 Å². The van der Waals surface area contributed by atoms with Crippen LogP contribution in [0.4, 0.5) is 4.79 Å². The average Bonchev–Trinajstić information content (AvgIpc) is 3.03. The molecule has 2 heterocycles. The van der Waals surface area contributed by atoms with Gasteiger partial charge in [-0.2, -0.15) is 0 Å². The third-order valence-corrected chi connectivity index (χ3v) is 9.05. The van der Waals surface area contributed by atoms with Crippen molar-refractivity contribution in [1.29, 1.82) is 0 Å². The van der Waals surface area contributed by atoms with Crippen LogP contribution >= 0.6 is 43.5 Å². The van der Waals surface area contributed by atoms with E-state index in [0.717, 1.165) is 64.5 Å². The first-order valence-electron chi connectivity index (χ1n) is 12.8. The summed E-state index contributed by atoms with van der Waals surface area (Å²) in [5.74, 6) is 0.885. The number of nitrogens with two attached hydrogens (primary N) is 1. The van der Waals surface area contributed by atoms with Gasteiger partial charge in [-0.1, -0.05) is 53.0 Å². The van der Waals surface area contributed by atoms with Gasteiger partial charge in [0, 0.05) is 59.2 Å². The Kier molecular flexibility index (Phi) is 9.35. The summed E-state index contributed by atoms with van der Waals surface area (Å²) in [5.41, 5.74) is 9.82. The largest absolute Gasteiger partial charge is 0.351 e. The Morgan fingerprint density at radius 3 is 2.57 bits per heavy atom. The molecule has 0 radical (unpaired) electrons. The van der Waals surface area contributed by atoms with Crippen LogP contribution in [0.15, 0.2) is 33.3 Å². The summed E-state index contributed by atoms with van der Waals surface area (Å²) in [5, 5.41) is 0.696. The van der Waals surface area contributed by atoms with E-state index >= 15 is 0 Å². The predicted octanol–water partition coefficient (Wildman–Crippen LogP) is 6.93. The van der Waals surface area contributed by atoms with Crippen LogP contribution in [0.2, 0.25) is 5.02 Å². The molecule has 1 aromatic heterocycles. The lowest BCUT2D eigenvalue weighted by atomic mass is 9.76. The Bertz CT molecular complexity index is 1200. The molecule has 2 aliphatic rings. The van der Waals surface area contributed by atoms with E-state index in [4.69, 9.17) is 22.3 Å². The van der Waals surface area contributed by atoms with Gasteiger partial charge in [-0.05, 0) is 81.9 Å². The van der Waals surface area contributed by atoms with E-state index < -0.39 is 6.03 Å². The van der Waals surface area contributed by atoms with Gasteiger partial charge in [-0.15, -0.1) is 0 Å². The number of urea groups is 1. The number of benzene rings is 1. The van der Waals surface area contributed by atoms with Crippen molar-refractivity contribution in [3.8, 4) is 0 Å². The van der Waals surface area contributed by atoms with Gasteiger partial charge in [0.25, 0.3) is 0 Å². The number of fused-ring (bicyclic) bond motifs is 2. The van der Waals surface area contributed by atoms with Crippen molar-refractivity contribution in [2.75, 3.05) is 26.7 Å². The first kappa shape index (κ1) is 28.1. The molecular weight excluding hydrogens is 620 g/mol. The summed E-state index contributed by atoms with van der Waals surface area (Å²) in [6.07, 6.45) is 10.1. The number of piperidine rings is 1. The predicted molar refractivity (Wildman–Crippen MR) is 156 cm³/mol. The molecule has 1 saturated heterocycles. The molecule has 2 unspecified atom stereocenters. The number of rotatable bonds is 7. The van der Waals surface area contributed by atoms with Crippen LogP contribution in [0.3, 0.4) is 0 Å². The van der Waals surface area contributed by atoms with Crippen LogP contribution in [0, 0.1) is 11.8 Å². The summed E-state index contributed by atoms with van der Waals surface area (Å²) in [7, 11) is 1.70. The van der Waals surface area contributed by atoms with Gasteiger partial charge in [0.2, 0.25) is 5.91 Å². The Labute approximate surface area is 240 Å². The summed E-state index contributed by atoms with van der Waals surface area (Å²) < 4.78 is 1.94. The van der Waals surface area contributed by atoms with Crippen LogP contribution in [0.25, 0.3) is 12.2 Å². The Balaban J connectivity index is 1.49. The smallest absolute Gasteiger partial charge is 0.314 e.